The quantitative estimate of drug-likeness (QED) is 0.316. The van der Waals surface area contributed by atoms with E-state index in [1.807, 2.05) is 10.6 Å². The van der Waals surface area contributed by atoms with E-state index in [4.69, 9.17) is 11.5 Å². The molecule has 0 aromatic heterocycles. The minimum Gasteiger partial charge on any atom is -0.351 e. The maximum absolute atomic E-state index is 11.3. The molecule has 10 amide bonds. The van der Waals surface area contributed by atoms with Crippen molar-refractivity contribution in [3.8, 4) is 0 Å². The first-order valence-electron chi connectivity index (χ1n) is 7.51. The zero-order valence-electron chi connectivity index (χ0n) is 13.6. The van der Waals surface area contributed by atoms with Gasteiger partial charge in [0.05, 0.1) is 0 Å². The van der Waals surface area contributed by atoms with Crippen LogP contribution in [0.4, 0.5) is 19.2 Å². The monoisotopic (exact) mass is 358 g/mol. The third kappa shape index (κ3) is 14.2. The van der Waals surface area contributed by atoms with Crippen molar-refractivity contribution in [2.75, 3.05) is 0 Å². The average molecular weight is 358 g/mol. The molecular weight excluding hydrogens is 336 g/mol. The van der Waals surface area contributed by atoms with Gasteiger partial charge in [-0.05, 0) is 12.8 Å². The van der Waals surface area contributed by atoms with Crippen LogP contribution in [0.25, 0.3) is 0 Å². The first-order valence-corrected chi connectivity index (χ1v) is 7.51. The van der Waals surface area contributed by atoms with E-state index < -0.39 is 35.9 Å². The second-order valence-corrected chi connectivity index (χ2v) is 5.00. The molecule has 0 saturated carbocycles. The molecule has 25 heavy (non-hydrogen) atoms. The zero-order valence-corrected chi connectivity index (χ0v) is 13.6. The molecule has 0 spiro atoms. The third-order valence-electron chi connectivity index (χ3n) is 2.79. The molecule has 0 aliphatic heterocycles. The van der Waals surface area contributed by atoms with E-state index in [9.17, 15) is 28.8 Å². The van der Waals surface area contributed by atoms with E-state index in [0.29, 0.717) is 25.7 Å². The standard InChI is InChI=1S/C13H22N6O6/c14-10(22)18-12(24)16-8(20)6-4-2-1-3-5-7-9(21)17-13(25)19-11(15)23/h1-7H2,(H4,14,16,18,20,22,24)(H4,15,17,19,21,23,25). The van der Waals surface area contributed by atoms with Crippen LogP contribution in [0.15, 0.2) is 0 Å². The predicted octanol–water partition coefficient (Wildman–Crippen LogP) is -0.474. The number of carbonyl (C=O) groups is 6. The third-order valence-corrected chi connectivity index (χ3v) is 2.79. The van der Waals surface area contributed by atoms with Crippen LogP contribution in [-0.4, -0.2) is 35.9 Å². The molecule has 140 valence electrons. The van der Waals surface area contributed by atoms with E-state index in [2.05, 4.69) is 0 Å². The SMILES string of the molecule is NC(=O)NC(=O)NC(=O)CCCCCCCC(=O)NC(=O)NC(N)=O. The van der Waals surface area contributed by atoms with E-state index in [1.54, 1.807) is 10.6 Å². The fraction of sp³-hybridized carbons (Fsp3) is 0.538. The Bertz CT molecular complexity index is 489. The normalized spacial score (nSPS) is 9.60. The summed E-state index contributed by atoms with van der Waals surface area (Å²) in [6.45, 7) is 0. The lowest BCUT2D eigenvalue weighted by atomic mass is 10.1. The Hall–Kier alpha value is -3.18. The maximum Gasteiger partial charge on any atom is 0.329 e. The number of amides is 10. The molecule has 0 atom stereocenters. The van der Waals surface area contributed by atoms with Crippen LogP contribution in [0.1, 0.15) is 44.9 Å². The van der Waals surface area contributed by atoms with Gasteiger partial charge in [0.15, 0.2) is 0 Å². The Morgan fingerprint density at radius 2 is 0.840 bits per heavy atom. The first kappa shape index (κ1) is 21.8. The molecule has 0 unspecified atom stereocenters. The van der Waals surface area contributed by atoms with Gasteiger partial charge in [-0.1, -0.05) is 19.3 Å². The number of carbonyl (C=O) groups excluding carboxylic acids is 6. The van der Waals surface area contributed by atoms with Gasteiger partial charge < -0.3 is 11.5 Å². The number of unbranched alkanes of at least 4 members (excludes halogenated alkanes) is 4. The summed E-state index contributed by atoms with van der Waals surface area (Å²) in [6.07, 6.45) is 3.44. The average Bonchev–Trinajstić information content (AvgIpc) is 2.43. The highest BCUT2D eigenvalue weighted by atomic mass is 16.2. The minimum absolute atomic E-state index is 0.111. The number of imide groups is 4. The van der Waals surface area contributed by atoms with E-state index in [0.717, 1.165) is 6.42 Å². The lowest BCUT2D eigenvalue weighted by Crippen LogP contribution is -2.44. The number of hydrogen-bond donors (Lipinski definition) is 6. The topological polar surface area (TPSA) is 203 Å². The van der Waals surface area contributed by atoms with Crippen LogP contribution in [-0.2, 0) is 9.59 Å². The molecule has 0 aromatic carbocycles. The van der Waals surface area contributed by atoms with Crippen molar-refractivity contribution in [2.45, 2.75) is 44.9 Å². The Morgan fingerprint density at radius 3 is 1.16 bits per heavy atom. The van der Waals surface area contributed by atoms with Crippen LogP contribution in [0.3, 0.4) is 0 Å². The Morgan fingerprint density at radius 1 is 0.520 bits per heavy atom. The Labute approximate surface area is 143 Å². The number of nitrogens with one attached hydrogen (secondary N) is 4. The molecule has 0 aliphatic rings. The van der Waals surface area contributed by atoms with Crippen molar-refractivity contribution < 1.29 is 28.8 Å². The van der Waals surface area contributed by atoms with Crippen molar-refractivity contribution in [1.82, 2.24) is 21.3 Å². The molecule has 0 saturated heterocycles. The van der Waals surface area contributed by atoms with E-state index in [1.165, 1.54) is 0 Å². The molecule has 0 heterocycles. The highest BCUT2D eigenvalue weighted by Crippen LogP contribution is 2.07. The smallest absolute Gasteiger partial charge is 0.329 e. The molecule has 0 bridgehead atoms. The summed E-state index contributed by atoms with van der Waals surface area (Å²) in [5, 5.41) is 7.30. The molecular formula is C13H22N6O6. The number of nitrogens with two attached hydrogens (primary N) is 2. The molecule has 12 heteroatoms. The molecule has 0 radical (unpaired) electrons. The lowest BCUT2D eigenvalue weighted by Gasteiger charge is -2.05. The number of primary amides is 2. The van der Waals surface area contributed by atoms with Crippen LogP contribution in [0, 0.1) is 0 Å². The number of rotatable bonds is 8. The number of hydrogen-bond acceptors (Lipinski definition) is 6. The van der Waals surface area contributed by atoms with Crippen LogP contribution in [0.2, 0.25) is 0 Å². The Kier molecular flexibility index (Phi) is 10.7. The van der Waals surface area contributed by atoms with Gasteiger partial charge in [-0.25, -0.2) is 19.2 Å². The molecule has 12 nitrogen and oxygen atoms in total. The second-order valence-electron chi connectivity index (χ2n) is 5.00. The van der Waals surface area contributed by atoms with E-state index in [-0.39, 0.29) is 12.8 Å². The summed E-state index contributed by atoms with van der Waals surface area (Å²) in [4.78, 5) is 65.4. The Balaban J connectivity index is 3.60. The molecule has 8 N–H and O–H groups in total. The van der Waals surface area contributed by atoms with Crippen LogP contribution >= 0.6 is 0 Å². The zero-order chi connectivity index (χ0) is 19.2. The van der Waals surface area contributed by atoms with Gasteiger partial charge in [-0.15, -0.1) is 0 Å². The van der Waals surface area contributed by atoms with Gasteiger partial charge in [-0.3, -0.25) is 30.9 Å². The fourth-order valence-electron chi connectivity index (χ4n) is 1.77. The molecule has 0 aromatic rings. The fourth-order valence-corrected chi connectivity index (χ4v) is 1.77. The largest absolute Gasteiger partial charge is 0.351 e. The van der Waals surface area contributed by atoms with Crippen molar-refractivity contribution in [3.05, 3.63) is 0 Å². The van der Waals surface area contributed by atoms with Crippen molar-refractivity contribution in [2.24, 2.45) is 11.5 Å². The number of urea groups is 4. The molecule has 0 fully saturated rings. The molecule has 0 aliphatic carbocycles. The first-order chi connectivity index (χ1) is 11.7. The summed E-state index contributed by atoms with van der Waals surface area (Å²) in [5.74, 6) is -1.06. The van der Waals surface area contributed by atoms with Gasteiger partial charge >= 0.3 is 24.1 Å². The van der Waals surface area contributed by atoms with Crippen molar-refractivity contribution >= 4 is 35.9 Å². The summed E-state index contributed by atoms with van der Waals surface area (Å²) < 4.78 is 0. The van der Waals surface area contributed by atoms with Crippen molar-refractivity contribution in [1.29, 1.82) is 0 Å². The summed E-state index contributed by atoms with van der Waals surface area (Å²) >= 11 is 0. The summed E-state index contributed by atoms with van der Waals surface area (Å²) in [7, 11) is 0. The van der Waals surface area contributed by atoms with Gasteiger partial charge in [0.25, 0.3) is 0 Å². The van der Waals surface area contributed by atoms with Gasteiger partial charge in [0.1, 0.15) is 0 Å². The van der Waals surface area contributed by atoms with Crippen LogP contribution < -0.4 is 32.7 Å². The highest BCUT2D eigenvalue weighted by molar-refractivity contribution is 6.01. The maximum atomic E-state index is 11.3. The van der Waals surface area contributed by atoms with Gasteiger partial charge in [-0.2, -0.15) is 0 Å². The summed E-state index contributed by atoms with van der Waals surface area (Å²) in [6, 6.07) is -4.05. The second kappa shape index (κ2) is 12.3. The predicted molar refractivity (Wildman–Crippen MR) is 84.8 cm³/mol. The highest BCUT2D eigenvalue weighted by Gasteiger charge is 2.10. The van der Waals surface area contributed by atoms with Gasteiger partial charge in [0, 0.05) is 12.8 Å². The minimum atomic E-state index is -1.05. The van der Waals surface area contributed by atoms with Gasteiger partial charge in [0.2, 0.25) is 11.8 Å². The molecule has 0 rings (SSSR count). The van der Waals surface area contributed by atoms with E-state index >= 15 is 0 Å². The van der Waals surface area contributed by atoms with Crippen molar-refractivity contribution in [3.63, 3.8) is 0 Å². The lowest BCUT2D eigenvalue weighted by molar-refractivity contribution is -0.120. The van der Waals surface area contributed by atoms with Crippen LogP contribution in [0.5, 0.6) is 0 Å². The summed E-state index contributed by atoms with van der Waals surface area (Å²) in [5.41, 5.74) is 9.43.